The van der Waals surface area contributed by atoms with Gasteiger partial charge in [0.15, 0.2) is 5.58 Å². The second-order valence-electron chi connectivity index (χ2n) is 5.54. The number of rotatable bonds is 6. The minimum absolute atomic E-state index is 0.0906. The average Bonchev–Trinajstić information content (AvgIpc) is 2.94. The van der Waals surface area contributed by atoms with Gasteiger partial charge >= 0.3 is 5.76 Å². The molecule has 2 aromatic carbocycles. The van der Waals surface area contributed by atoms with Crippen molar-refractivity contribution in [1.29, 1.82) is 0 Å². The summed E-state index contributed by atoms with van der Waals surface area (Å²) in [7, 11) is 0. The van der Waals surface area contributed by atoms with E-state index in [4.69, 9.17) is 4.42 Å². The van der Waals surface area contributed by atoms with Gasteiger partial charge in [-0.05, 0) is 42.2 Å². The topological polar surface area (TPSA) is 75.1 Å². The van der Waals surface area contributed by atoms with Gasteiger partial charge in [-0.15, -0.1) is 0 Å². The van der Waals surface area contributed by atoms with Crippen LogP contribution in [0.1, 0.15) is 17.5 Å². The van der Waals surface area contributed by atoms with Crippen molar-refractivity contribution in [3.8, 4) is 0 Å². The molecule has 0 saturated carbocycles. The number of H-pyrrole nitrogens is 1. The van der Waals surface area contributed by atoms with Gasteiger partial charge < -0.3 is 9.73 Å². The van der Waals surface area contributed by atoms with Crippen molar-refractivity contribution in [3.63, 3.8) is 0 Å². The van der Waals surface area contributed by atoms with E-state index >= 15 is 0 Å². The van der Waals surface area contributed by atoms with E-state index in [0.717, 1.165) is 5.56 Å². The summed E-state index contributed by atoms with van der Waals surface area (Å²) in [6.07, 6.45) is 1.33. The molecule has 0 unspecified atom stereocenters. The summed E-state index contributed by atoms with van der Waals surface area (Å²) < 4.78 is 18.4. The number of fused-ring (bicyclic) bond motifs is 1. The average molecular weight is 328 g/mol. The number of benzene rings is 2. The molecule has 0 bridgehead atoms. The Morgan fingerprint density at radius 2 is 2.00 bits per heavy atom. The third-order valence-corrected chi connectivity index (χ3v) is 3.80. The summed E-state index contributed by atoms with van der Waals surface area (Å²) >= 11 is 0. The molecule has 3 aromatic rings. The van der Waals surface area contributed by atoms with Gasteiger partial charge in [0, 0.05) is 13.0 Å². The molecule has 0 radical (unpaired) electrons. The molecule has 24 heavy (non-hydrogen) atoms. The zero-order valence-corrected chi connectivity index (χ0v) is 13.0. The summed E-state index contributed by atoms with van der Waals surface area (Å²) in [4.78, 5) is 25.6. The van der Waals surface area contributed by atoms with Crippen LogP contribution in [0, 0.1) is 5.82 Å². The van der Waals surface area contributed by atoms with Crippen molar-refractivity contribution in [2.24, 2.45) is 0 Å². The molecule has 2 N–H and O–H groups in total. The van der Waals surface area contributed by atoms with Gasteiger partial charge in [0.25, 0.3) is 0 Å². The fourth-order valence-corrected chi connectivity index (χ4v) is 2.54. The van der Waals surface area contributed by atoms with Gasteiger partial charge in [-0.3, -0.25) is 9.78 Å². The number of aryl methyl sites for hydroxylation is 1. The molecular formula is C18H17FN2O3. The fraction of sp³-hybridized carbons (Fsp3) is 0.222. The van der Waals surface area contributed by atoms with Crippen LogP contribution in [0.2, 0.25) is 0 Å². The quantitative estimate of drug-likeness (QED) is 0.730. The second-order valence-corrected chi connectivity index (χ2v) is 5.54. The van der Waals surface area contributed by atoms with Gasteiger partial charge in [-0.2, -0.15) is 0 Å². The Bertz CT molecular complexity index is 914. The standard InChI is InChI=1S/C18H17FN2O3/c19-14-4-2-1-3-13(14)9-10-20-17(22)8-6-12-5-7-16-15(11-12)21-18(23)24-16/h1-5,7,11H,6,8-10H2,(H,20,22)(H,21,23). The number of hydrogen-bond acceptors (Lipinski definition) is 3. The number of aromatic amines is 1. The first kappa shape index (κ1) is 16.0. The van der Waals surface area contributed by atoms with Crippen molar-refractivity contribution in [2.75, 3.05) is 6.54 Å². The Balaban J connectivity index is 1.48. The maximum atomic E-state index is 13.5. The number of aromatic nitrogens is 1. The van der Waals surface area contributed by atoms with Crippen LogP contribution in [0.4, 0.5) is 4.39 Å². The van der Waals surface area contributed by atoms with Crippen molar-refractivity contribution < 1.29 is 13.6 Å². The molecule has 5 nitrogen and oxygen atoms in total. The summed E-state index contributed by atoms with van der Waals surface area (Å²) in [5.74, 6) is -0.839. The lowest BCUT2D eigenvalue weighted by atomic mass is 10.1. The van der Waals surface area contributed by atoms with E-state index in [1.165, 1.54) is 6.07 Å². The Hall–Kier alpha value is -2.89. The van der Waals surface area contributed by atoms with Gasteiger partial charge in [0.05, 0.1) is 5.52 Å². The first-order valence-corrected chi connectivity index (χ1v) is 7.74. The van der Waals surface area contributed by atoms with E-state index in [-0.39, 0.29) is 11.7 Å². The van der Waals surface area contributed by atoms with Crippen LogP contribution in [0.25, 0.3) is 11.1 Å². The molecule has 0 saturated heterocycles. The molecule has 0 fully saturated rings. The summed E-state index contributed by atoms with van der Waals surface area (Å²) in [6.45, 7) is 0.397. The molecule has 0 aliphatic carbocycles. The van der Waals surface area contributed by atoms with E-state index < -0.39 is 5.76 Å². The molecule has 0 aliphatic heterocycles. The zero-order valence-electron chi connectivity index (χ0n) is 13.0. The van der Waals surface area contributed by atoms with E-state index in [1.54, 1.807) is 30.3 Å². The number of nitrogens with one attached hydrogen (secondary N) is 2. The Morgan fingerprint density at radius 1 is 1.17 bits per heavy atom. The van der Waals surface area contributed by atoms with E-state index in [2.05, 4.69) is 10.3 Å². The SMILES string of the molecule is O=C(CCc1ccc2oc(=O)[nH]c2c1)NCCc1ccccc1F. The molecule has 1 heterocycles. The number of carbonyl (C=O) groups excluding carboxylic acids is 1. The Kier molecular flexibility index (Phi) is 4.74. The van der Waals surface area contributed by atoms with E-state index in [9.17, 15) is 14.0 Å². The molecule has 1 amide bonds. The van der Waals surface area contributed by atoms with E-state index in [0.29, 0.717) is 42.5 Å². The van der Waals surface area contributed by atoms with Gasteiger partial charge in [-0.1, -0.05) is 24.3 Å². The molecule has 3 rings (SSSR count). The number of amides is 1. The van der Waals surface area contributed by atoms with Gasteiger partial charge in [-0.25, -0.2) is 9.18 Å². The highest BCUT2D eigenvalue weighted by molar-refractivity contribution is 5.77. The van der Waals surface area contributed by atoms with Gasteiger partial charge in [0.2, 0.25) is 5.91 Å². The molecule has 0 spiro atoms. The molecule has 0 aliphatic rings. The highest BCUT2D eigenvalue weighted by Gasteiger charge is 2.06. The largest absolute Gasteiger partial charge is 0.417 e. The van der Waals surface area contributed by atoms with Crippen molar-refractivity contribution >= 4 is 17.0 Å². The summed E-state index contributed by atoms with van der Waals surface area (Å²) in [5, 5.41) is 2.79. The molecule has 124 valence electrons. The lowest BCUT2D eigenvalue weighted by Crippen LogP contribution is -2.26. The Morgan fingerprint density at radius 3 is 2.83 bits per heavy atom. The van der Waals surface area contributed by atoms with Crippen LogP contribution < -0.4 is 11.1 Å². The summed E-state index contributed by atoms with van der Waals surface area (Å²) in [6, 6.07) is 11.9. The monoisotopic (exact) mass is 328 g/mol. The van der Waals surface area contributed by atoms with E-state index in [1.807, 2.05) is 6.07 Å². The fourth-order valence-electron chi connectivity index (χ4n) is 2.54. The van der Waals surface area contributed by atoms with Crippen molar-refractivity contribution in [3.05, 3.63) is 70.0 Å². The van der Waals surface area contributed by atoms with Crippen LogP contribution >= 0.6 is 0 Å². The predicted octanol–water partition coefficient (Wildman–Crippen LogP) is 2.55. The van der Waals surface area contributed by atoms with Crippen LogP contribution in [0.3, 0.4) is 0 Å². The Labute approximate surface area is 137 Å². The number of hydrogen-bond donors (Lipinski definition) is 2. The minimum atomic E-state index is -0.493. The third-order valence-electron chi connectivity index (χ3n) is 3.80. The minimum Gasteiger partial charge on any atom is -0.408 e. The van der Waals surface area contributed by atoms with Crippen LogP contribution in [0.5, 0.6) is 0 Å². The lowest BCUT2D eigenvalue weighted by Gasteiger charge is -2.06. The van der Waals surface area contributed by atoms with Crippen LogP contribution in [-0.2, 0) is 17.6 Å². The highest BCUT2D eigenvalue weighted by Crippen LogP contribution is 2.13. The van der Waals surface area contributed by atoms with Crippen molar-refractivity contribution in [2.45, 2.75) is 19.3 Å². The number of oxazole rings is 1. The van der Waals surface area contributed by atoms with Crippen LogP contribution in [-0.4, -0.2) is 17.4 Å². The highest BCUT2D eigenvalue weighted by atomic mass is 19.1. The maximum absolute atomic E-state index is 13.5. The number of halogens is 1. The second kappa shape index (κ2) is 7.12. The summed E-state index contributed by atoms with van der Waals surface area (Å²) in [5.41, 5.74) is 2.64. The smallest absolute Gasteiger partial charge is 0.408 e. The molecular weight excluding hydrogens is 311 g/mol. The molecule has 6 heteroatoms. The van der Waals surface area contributed by atoms with Gasteiger partial charge in [0.1, 0.15) is 5.82 Å². The zero-order chi connectivity index (χ0) is 16.9. The molecule has 1 aromatic heterocycles. The maximum Gasteiger partial charge on any atom is 0.417 e. The van der Waals surface area contributed by atoms with Crippen molar-refractivity contribution in [1.82, 2.24) is 10.3 Å². The van der Waals surface area contributed by atoms with Crippen LogP contribution in [0.15, 0.2) is 51.7 Å². The third kappa shape index (κ3) is 3.90. The lowest BCUT2D eigenvalue weighted by molar-refractivity contribution is -0.121. The predicted molar refractivity (Wildman–Crippen MR) is 88.3 cm³/mol. The first-order valence-electron chi connectivity index (χ1n) is 7.74. The normalized spacial score (nSPS) is 10.9. The number of carbonyl (C=O) groups is 1. The first-order chi connectivity index (χ1) is 11.6. The molecule has 0 atom stereocenters.